The van der Waals surface area contributed by atoms with Gasteiger partial charge in [0.15, 0.2) is 5.43 Å². The van der Waals surface area contributed by atoms with Gasteiger partial charge in [-0.25, -0.2) is 0 Å². The Labute approximate surface area is 125 Å². The molecule has 0 saturated carbocycles. The molecule has 0 amide bonds. The van der Waals surface area contributed by atoms with E-state index < -0.39 is 0 Å². The van der Waals surface area contributed by atoms with E-state index in [1.165, 1.54) is 18.4 Å². The lowest BCUT2D eigenvalue weighted by Gasteiger charge is -2.12. The van der Waals surface area contributed by atoms with E-state index in [0.29, 0.717) is 5.56 Å². The van der Waals surface area contributed by atoms with E-state index >= 15 is 0 Å². The second-order valence-electron chi connectivity index (χ2n) is 5.08. The van der Waals surface area contributed by atoms with Crippen molar-refractivity contribution in [2.45, 2.75) is 39.0 Å². The standard InChI is InChI=1S/C17H20ClNO/c1-3-4-5-14-6-8-16(9-7-14)19-12-15(11-18)17(20)10-13(19)2/h6-10,12H,3-5,11H2,1-2H3. The number of halogens is 1. The van der Waals surface area contributed by atoms with Gasteiger partial charge in [0.1, 0.15) is 0 Å². The van der Waals surface area contributed by atoms with E-state index in [2.05, 4.69) is 31.2 Å². The molecule has 2 aromatic rings. The Kier molecular flexibility index (Phi) is 5.02. The van der Waals surface area contributed by atoms with Gasteiger partial charge in [-0.15, -0.1) is 11.6 Å². The maximum atomic E-state index is 11.7. The zero-order chi connectivity index (χ0) is 14.5. The van der Waals surface area contributed by atoms with Crippen molar-refractivity contribution in [2.75, 3.05) is 0 Å². The third-order valence-electron chi connectivity index (χ3n) is 3.50. The molecule has 0 fully saturated rings. The summed E-state index contributed by atoms with van der Waals surface area (Å²) in [6, 6.07) is 10.1. The van der Waals surface area contributed by atoms with Gasteiger partial charge in [0, 0.05) is 29.2 Å². The molecule has 106 valence electrons. The van der Waals surface area contributed by atoms with Gasteiger partial charge in [-0.2, -0.15) is 0 Å². The minimum Gasteiger partial charge on any atom is -0.321 e. The number of nitrogens with zero attached hydrogens (tertiary/aromatic N) is 1. The van der Waals surface area contributed by atoms with Gasteiger partial charge < -0.3 is 4.57 Å². The van der Waals surface area contributed by atoms with Crippen molar-refractivity contribution in [3.8, 4) is 5.69 Å². The third-order valence-corrected chi connectivity index (χ3v) is 3.79. The largest absolute Gasteiger partial charge is 0.321 e. The second kappa shape index (κ2) is 6.76. The molecule has 0 bridgehead atoms. The summed E-state index contributed by atoms with van der Waals surface area (Å²) in [5.74, 6) is 0.244. The average Bonchev–Trinajstić information content (AvgIpc) is 2.46. The average molecular weight is 290 g/mol. The smallest absolute Gasteiger partial charge is 0.186 e. The summed E-state index contributed by atoms with van der Waals surface area (Å²) in [7, 11) is 0. The topological polar surface area (TPSA) is 22.0 Å². The van der Waals surface area contributed by atoms with E-state index in [9.17, 15) is 4.79 Å². The Morgan fingerprint density at radius 1 is 1.20 bits per heavy atom. The summed E-state index contributed by atoms with van der Waals surface area (Å²) < 4.78 is 2.02. The number of hydrogen-bond donors (Lipinski definition) is 0. The molecule has 1 aromatic carbocycles. The summed E-state index contributed by atoms with van der Waals surface area (Å²) in [4.78, 5) is 11.7. The van der Waals surface area contributed by atoms with Crippen molar-refractivity contribution in [3.63, 3.8) is 0 Å². The highest BCUT2D eigenvalue weighted by Gasteiger charge is 2.05. The van der Waals surface area contributed by atoms with Gasteiger partial charge >= 0.3 is 0 Å². The lowest BCUT2D eigenvalue weighted by molar-refractivity contribution is 0.794. The molecule has 0 N–H and O–H groups in total. The first kappa shape index (κ1) is 14.9. The van der Waals surface area contributed by atoms with E-state index in [0.717, 1.165) is 17.8 Å². The molecule has 0 saturated heterocycles. The monoisotopic (exact) mass is 289 g/mol. The summed E-state index contributed by atoms with van der Waals surface area (Å²) in [6.45, 7) is 4.14. The van der Waals surface area contributed by atoms with Crippen LogP contribution < -0.4 is 5.43 Å². The zero-order valence-corrected chi connectivity index (χ0v) is 12.8. The molecular weight excluding hydrogens is 270 g/mol. The van der Waals surface area contributed by atoms with Gasteiger partial charge in [-0.3, -0.25) is 4.79 Å². The molecule has 0 aliphatic heterocycles. The van der Waals surface area contributed by atoms with E-state index in [1.807, 2.05) is 17.7 Å². The second-order valence-corrected chi connectivity index (χ2v) is 5.35. The Hall–Kier alpha value is -1.54. The minimum absolute atomic E-state index is 0.00770. The molecule has 2 nitrogen and oxygen atoms in total. The van der Waals surface area contributed by atoms with Crippen LogP contribution in [0.15, 0.2) is 41.3 Å². The van der Waals surface area contributed by atoms with Crippen molar-refractivity contribution >= 4 is 11.6 Å². The predicted molar refractivity (Wildman–Crippen MR) is 84.9 cm³/mol. The number of rotatable bonds is 5. The van der Waals surface area contributed by atoms with Crippen LogP contribution in [0.5, 0.6) is 0 Å². The first-order chi connectivity index (χ1) is 9.65. The maximum Gasteiger partial charge on any atom is 0.186 e. The number of hydrogen-bond acceptors (Lipinski definition) is 1. The first-order valence-corrected chi connectivity index (χ1v) is 7.56. The summed E-state index contributed by atoms with van der Waals surface area (Å²) in [6.07, 6.45) is 5.38. The zero-order valence-electron chi connectivity index (χ0n) is 12.0. The highest BCUT2D eigenvalue weighted by molar-refractivity contribution is 6.17. The van der Waals surface area contributed by atoms with Crippen molar-refractivity contribution in [2.24, 2.45) is 0 Å². The van der Waals surface area contributed by atoms with Crippen LogP contribution in [0.1, 0.15) is 36.6 Å². The van der Waals surface area contributed by atoms with Crippen LogP contribution in [-0.2, 0) is 12.3 Å². The SMILES string of the molecule is CCCCc1ccc(-n2cc(CCl)c(=O)cc2C)cc1. The molecule has 0 radical (unpaired) electrons. The fourth-order valence-corrected chi connectivity index (χ4v) is 2.46. The summed E-state index contributed by atoms with van der Waals surface area (Å²) in [5, 5.41) is 0. The Morgan fingerprint density at radius 2 is 1.90 bits per heavy atom. The van der Waals surface area contributed by atoms with E-state index in [-0.39, 0.29) is 11.3 Å². The molecule has 1 heterocycles. The Bertz CT molecular complexity index is 628. The predicted octanol–water partition coefficient (Wildman–Crippen LogP) is 4.23. The van der Waals surface area contributed by atoms with Crippen molar-refractivity contribution in [3.05, 3.63) is 63.6 Å². The van der Waals surface area contributed by atoms with Crippen LogP contribution in [0.4, 0.5) is 0 Å². The lowest BCUT2D eigenvalue weighted by Crippen LogP contribution is -2.13. The number of pyridine rings is 1. The molecule has 0 atom stereocenters. The fourth-order valence-electron chi connectivity index (χ4n) is 2.26. The van der Waals surface area contributed by atoms with Crippen molar-refractivity contribution < 1.29 is 0 Å². The van der Waals surface area contributed by atoms with Crippen molar-refractivity contribution in [1.29, 1.82) is 0 Å². The number of alkyl halides is 1. The van der Waals surface area contributed by atoms with Gasteiger partial charge in [0.05, 0.1) is 5.88 Å². The third kappa shape index (κ3) is 3.31. The van der Waals surface area contributed by atoms with Crippen LogP contribution in [0, 0.1) is 6.92 Å². The lowest BCUT2D eigenvalue weighted by atomic mass is 10.1. The normalized spacial score (nSPS) is 10.8. The quantitative estimate of drug-likeness (QED) is 0.755. The molecule has 20 heavy (non-hydrogen) atoms. The van der Waals surface area contributed by atoms with Gasteiger partial charge in [0.25, 0.3) is 0 Å². The summed E-state index contributed by atoms with van der Waals surface area (Å²) in [5.41, 5.74) is 3.98. The van der Waals surface area contributed by atoms with Gasteiger partial charge in [0.2, 0.25) is 0 Å². The van der Waals surface area contributed by atoms with Gasteiger partial charge in [-0.1, -0.05) is 25.5 Å². The number of unbranched alkanes of at least 4 members (excludes halogenated alkanes) is 1. The first-order valence-electron chi connectivity index (χ1n) is 7.03. The molecule has 0 aliphatic rings. The molecular formula is C17H20ClNO. The van der Waals surface area contributed by atoms with Crippen LogP contribution >= 0.6 is 11.6 Å². The van der Waals surface area contributed by atoms with Crippen LogP contribution in [0.2, 0.25) is 0 Å². The molecule has 0 aliphatic carbocycles. The molecule has 3 heteroatoms. The van der Waals surface area contributed by atoms with E-state index in [4.69, 9.17) is 11.6 Å². The number of benzene rings is 1. The van der Waals surface area contributed by atoms with Crippen molar-refractivity contribution in [1.82, 2.24) is 4.57 Å². The van der Waals surface area contributed by atoms with E-state index in [1.54, 1.807) is 6.07 Å². The highest BCUT2D eigenvalue weighted by atomic mass is 35.5. The number of aromatic nitrogens is 1. The number of aryl methyl sites for hydroxylation is 2. The maximum absolute atomic E-state index is 11.7. The van der Waals surface area contributed by atoms with Crippen LogP contribution in [-0.4, -0.2) is 4.57 Å². The van der Waals surface area contributed by atoms with Gasteiger partial charge in [-0.05, 0) is 37.5 Å². The molecule has 2 rings (SSSR count). The Balaban J connectivity index is 2.34. The summed E-state index contributed by atoms with van der Waals surface area (Å²) >= 11 is 5.81. The van der Waals surface area contributed by atoms with Crippen LogP contribution in [0.3, 0.4) is 0 Å². The van der Waals surface area contributed by atoms with Crippen LogP contribution in [0.25, 0.3) is 5.69 Å². The molecule has 0 unspecified atom stereocenters. The molecule has 1 aromatic heterocycles. The Morgan fingerprint density at radius 3 is 2.50 bits per heavy atom. The minimum atomic E-state index is 0.00770. The molecule has 0 spiro atoms. The highest BCUT2D eigenvalue weighted by Crippen LogP contribution is 2.14. The fraction of sp³-hybridized carbons (Fsp3) is 0.353.